The van der Waals surface area contributed by atoms with Gasteiger partial charge in [0.25, 0.3) is 11.0 Å². The van der Waals surface area contributed by atoms with E-state index in [-0.39, 0.29) is 10.9 Å². The molecule has 2 rings (SSSR count). The first-order valence-corrected chi connectivity index (χ1v) is 5.71. The van der Waals surface area contributed by atoms with Crippen LogP contribution in [0.3, 0.4) is 0 Å². The largest absolute Gasteiger partial charge is 0.452 e. The van der Waals surface area contributed by atoms with E-state index in [0.29, 0.717) is 16.0 Å². The van der Waals surface area contributed by atoms with Crippen LogP contribution in [0.25, 0.3) is 0 Å². The van der Waals surface area contributed by atoms with Crippen molar-refractivity contribution in [2.75, 3.05) is 0 Å². The quantitative estimate of drug-likeness (QED) is 0.847. The number of rotatable bonds is 2. The van der Waals surface area contributed by atoms with Crippen molar-refractivity contribution in [2.45, 2.75) is 6.18 Å². The Labute approximate surface area is 106 Å². The van der Waals surface area contributed by atoms with Crippen LogP contribution in [-0.2, 0) is 6.18 Å². The molecule has 0 radical (unpaired) electrons. The molecular formula is C8H3BrF3N3OS. The van der Waals surface area contributed by atoms with Crippen molar-refractivity contribution in [2.24, 2.45) is 0 Å². The fourth-order valence-electron chi connectivity index (χ4n) is 0.915. The fraction of sp³-hybridized carbons (Fsp3) is 0.125. The van der Waals surface area contributed by atoms with Crippen LogP contribution in [-0.4, -0.2) is 14.3 Å². The number of halogens is 4. The lowest BCUT2D eigenvalue weighted by Gasteiger charge is -2.00. The minimum Gasteiger partial charge on any atom is -0.428 e. The molecule has 0 unspecified atom stereocenters. The van der Waals surface area contributed by atoms with Crippen molar-refractivity contribution in [1.82, 2.24) is 14.3 Å². The van der Waals surface area contributed by atoms with Gasteiger partial charge in [0.2, 0.25) is 0 Å². The van der Waals surface area contributed by atoms with Gasteiger partial charge in [-0.2, -0.15) is 22.5 Å². The smallest absolute Gasteiger partial charge is 0.428 e. The Morgan fingerprint density at radius 3 is 2.65 bits per heavy atom. The van der Waals surface area contributed by atoms with Gasteiger partial charge in [-0.15, -0.1) is 0 Å². The van der Waals surface area contributed by atoms with Crippen molar-refractivity contribution in [1.29, 1.82) is 0 Å². The monoisotopic (exact) mass is 325 g/mol. The van der Waals surface area contributed by atoms with Crippen LogP contribution in [0, 0.1) is 0 Å². The van der Waals surface area contributed by atoms with Gasteiger partial charge in [-0.1, -0.05) is 0 Å². The summed E-state index contributed by atoms with van der Waals surface area (Å²) in [4.78, 5) is 7.02. The van der Waals surface area contributed by atoms with E-state index < -0.39 is 12.0 Å². The zero-order chi connectivity index (χ0) is 12.5. The average Bonchev–Trinajstić information content (AvgIpc) is 2.65. The molecule has 0 amide bonds. The number of hydrogen-bond donors (Lipinski definition) is 0. The minimum absolute atomic E-state index is 0.183. The summed E-state index contributed by atoms with van der Waals surface area (Å²) in [5.41, 5.74) is 0. The molecule has 0 bridgehead atoms. The van der Waals surface area contributed by atoms with Crippen molar-refractivity contribution in [3.63, 3.8) is 0 Å². The molecule has 0 fully saturated rings. The lowest BCUT2D eigenvalue weighted by Crippen LogP contribution is -2.06. The lowest BCUT2D eigenvalue weighted by molar-refractivity contribution is -0.144. The molecule has 2 heterocycles. The summed E-state index contributed by atoms with van der Waals surface area (Å²) < 4.78 is 45.5. The number of alkyl halides is 3. The van der Waals surface area contributed by atoms with Crippen molar-refractivity contribution in [3.8, 4) is 10.9 Å². The summed E-state index contributed by atoms with van der Waals surface area (Å²) in [6.45, 7) is 0. The molecule has 0 aromatic carbocycles. The molecule has 90 valence electrons. The van der Waals surface area contributed by atoms with Crippen LogP contribution in [0.4, 0.5) is 13.2 Å². The highest BCUT2D eigenvalue weighted by Crippen LogP contribution is 2.31. The fourth-order valence-corrected chi connectivity index (χ4v) is 1.83. The van der Waals surface area contributed by atoms with Crippen LogP contribution in [0.5, 0.6) is 10.9 Å². The third-order valence-electron chi connectivity index (χ3n) is 1.55. The lowest BCUT2D eigenvalue weighted by atomic mass is 10.5. The number of aromatic nitrogens is 3. The summed E-state index contributed by atoms with van der Waals surface area (Å²) in [7, 11) is 0. The van der Waals surface area contributed by atoms with Gasteiger partial charge < -0.3 is 4.74 Å². The van der Waals surface area contributed by atoms with Crippen LogP contribution in [0.15, 0.2) is 22.9 Å². The van der Waals surface area contributed by atoms with E-state index in [4.69, 9.17) is 4.74 Å². The first-order chi connectivity index (χ1) is 7.95. The molecule has 0 saturated heterocycles. The maximum absolute atomic E-state index is 12.2. The molecule has 0 N–H and O–H groups in total. The Morgan fingerprint density at radius 2 is 2.06 bits per heavy atom. The topological polar surface area (TPSA) is 47.9 Å². The van der Waals surface area contributed by atoms with E-state index >= 15 is 0 Å². The predicted molar refractivity (Wildman–Crippen MR) is 56.9 cm³/mol. The van der Waals surface area contributed by atoms with Crippen LogP contribution in [0.2, 0.25) is 0 Å². The molecule has 2 aromatic rings. The van der Waals surface area contributed by atoms with Crippen LogP contribution in [0.1, 0.15) is 5.82 Å². The Morgan fingerprint density at radius 1 is 1.29 bits per heavy atom. The molecular weight excluding hydrogens is 323 g/mol. The van der Waals surface area contributed by atoms with E-state index in [1.165, 1.54) is 12.4 Å². The standard InChI is InChI=1S/C8H3BrF3N3OS/c9-4-1-5(3-13-2-4)16-7-14-6(15-17-7)8(10,11)12/h1-3H. The molecule has 9 heteroatoms. The van der Waals surface area contributed by atoms with Gasteiger partial charge in [-0.3, -0.25) is 4.98 Å². The Bertz CT molecular complexity index is 531. The van der Waals surface area contributed by atoms with Gasteiger partial charge in [0.15, 0.2) is 0 Å². The van der Waals surface area contributed by atoms with Crippen molar-refractivity contribution >= 4 is 27.5 Å². The molecule has 0 aliphatic carbocycles. The average molecular weight is 326 g/mol. The maximum atomic E-state index is 12.2. The number of hydrogen-bond acceptors (Lipinski definition) is 5. The normalized spacial score (nSPS) is 11.5. The van der Waals surface area contributed by atoms with E-state index in [2.05, 4.69) is 30.3 Å². The van der Waals surface area contributed by atoms with E-state index in [0.717, 1.165) is 0 Å². The molecule has 0 atom stereocenters. The highest BCUT2D eigenvalue weighted by atomic mass is 79.9. The summed E-state index contributed by atoms with van der Waals surface area (Å²) in [5, 5.41) is -0.183. The van der Waals surface area contributed by atoms with E-state index in [9.17, 15) is 13.2 Å². The summed E-state index contributed by atoms with van der Waals surface area (Å²) in [6.07, 6.45) is -1.68. The maximum Gasteiger partial charge on any atom is 0.452 e. The Hall–Kier alpha value is -1.22. The third-order valence-corrected chi connectivity index (χ3v) is 2.57. The molecule has 17 heavy (non-hydrogen) atoms. The molecule has 0 aliphatic heterocycles. The first-order valence-electron chi connectivity index (χ1n) is 4.14. The van der Waals surface area contributed by atoms with Crippen LogP contribution < -0.4 is 4.74 Å². The summed E-state index contributed by atoms with van der Waals surface area (Å²) in [5.74, 6) is -0.926. The second-order valence-electron chi connectivity index (χ2n) is 2.82. The van der Waals surface area contributed by atoms with E-state index in [1.54, 1.807) is 6.07 Å². The second-order valence-corrected chi connectivity index (χ2v) is 4.45. The highest BCUT2D eigenvalue weighted by Gasteiger charge is 2.36. The van der Waals surface area contributed by atoms with Gasteiger partial charge in [-0.05, 0) is 22.0 Å². The zero-order valence-electron chi connectivity index (χ0n) is 7.90. The van der Waals surface area contributed by atoms with Gasteiger partial charge in [-0.25, -0.2) is 0 Å². The SMILES string of the molecule is FC(F)(F)c1nsc(Oc2cncc(Br)c2)n1. The second kappa shape index (κ2) is 4.57. The number of pyridine rings is 1. The first kappa shape index (κ1) is 12.2. The van der Waals surface area contributed by atoms with Gasteiger partial charge >= 0.3 is 6.18 Å². The van der Waals surface area contributed by atoms with Crippen molar-refractivity contribution in [3.05, 3.63) is 28.8 Å². The zero-order valence-corrected chi connectivity index (χ0v) is 10.3. The molecule has 2 aromatic heterocycles. The van der Waals surface area contributed by atoms with Crippen LogP contribution >= 0.6 is 27.5 Å². The van der Waals surface area contributed by atoms with Gasteiger partial charge in [0, 0.05) is 22.2 Å². The number of nitrogens with zero attached hydrogens (tertiary/aromatic N) is 3. The minimum atomic E-state index is -4.56. The van der Waals surface area contributed by atoms with E-state index in [1.807, 2.05) is 0 Å². The van der Waals surface area contributed by atoms with Gasteiger partial charge in [0.1, 0.15) is 5.75 Å². The van der Waals surface area contributed by atoms with Gasteiger partial charge in [0.05, 0.1) is 6.20 Å². The molecule has 0 saturated carbocycles. The third kappa shape index (κ3) is 3.13. The predicted octanol–water partition coefficient (Wildman–Crippen LogP) is 3.51. The summed E-state index contributed by atoms with van der Waals surface area (Å²) >= 11 is 3.69. The molecule has 0 spiro atoms. The molecule has 4 nitrogen and oxygen atoms in total. The van der Waals surface area contributed by atoms with Crippen molar-refractivity contribution < 1.29 is 17.9 Å². The molecule has 0 aliphatic rings. The Balaban J connectivity index is 2.17. The Kier molecular flexibility index (Phi) is 3.29. The number of ether oxygens (including phenoxy) is 1. The summed E-state index contributed by atoms with van der Waals surface area (Å²) in [6, 6.07) is 1.56. The highest BCUT2D eigenvalue weighted by molar-refractivity contribution is 9.10.